The molecule has 2 heterocycles. The third kappa shape index (κ3) is 2.56. The molecule has 24 heavy (non-hydrogen) atoms. The molecule has 0 aliphatic carbocycles. The molecule has 4 rings (SSSR count). The molecule has 0 fully saturated rings. The smallest absolute Gasteiger partial charge is 0.231 e. The van der Waals surface area contributed by atoms with E-state index in [9.17, 15) is 14.0 Å². The number of carbonyl (C=O) groups is 2. The molecule has 4 nitrogen and oxygen atoms in total. The van der Waals surface area contributed by atoms with Crippen molar-refractivity contribution >= 4 is 17.5 Å². The number of benzene rings is 2. The van der Waals surface area contributed by atoms with Gasteiger partial charge in [-0.2, -0.15) is 0 Å². The second-order valence-corrected chi connectivity index (χ2v) is 6.31. The molecule has 0 saturated heterocycles. The topological polar surface area (TPSA) is 49.4 Å². The summed E-state index contributed by atoms with van der Waals surface area (Å²) >= 11 is 0. The lowest BCUT2D eigenvalue weighted by Gasteiger charge is -2.33. The molecule has 0 unspecified atom stereocenters. The molecule has 2 aromatic rings. The fraction of sp³-hybridized carbons (Fsp3) is 0.263. The normalized spacial score (nSPS) is 19.3. The van der Waals surface area contributed by atoms with Crippen LogP contribution in [0.25, 0.3) is 0 Å². The van der Waals surface area contributed by atoms with Crippen LogP contribution in [0.15, 0.2) is 42.5 Å². The fourth-order valence-electron chi connectivity index (χ4n) is 3.56. The van der Waals surface area contributed by atoms with Crippen LogP contribution in [-0.2, 0) is 22.6 Å². The minimum Gasteiger partial charge on any atom is -0.337 e. The van der Waals surface area contributed by atoms with Crippen LogP contribution >= 0.6 is 0 Å². The van der Waals surface area contributed by atoms with Gasteiger partial charge in [0.2, 0.25) is 11.8 Å². The van der Waals surface area contributed by atoms with E-state index in [1.165, 1.54) is 17.7 Å². The van der Waals surface area contributed by atoms with E-state index < -0.39 is 11.7 Å². The summed E-state index contributed by atoms with van der Waals surface area (Å²) in [7, 11) is 0. The molecular formula is C19H17FN2O2. The van der Waals surface area contributed by atoms with Gasteiger partial charge in [0, 0.05) is 25.2 Å². The molecule has 1 N–H and O–H groups in total. The van der Waals surface area contributed by atoms with E-state index in [1.807, 2.05) is 18.2 Å². The summed E-state index contributed by atoms with van der Waals surface area (Å²) in [6.45, 7) is 1.20. The van der Waals surface area contributed by atoms with Crippen LogP contribution in [-0.4, -0.2) is 23.3 Å². The monoisotopic (exact) mass is 324 g/mol. The van der Waals surface area contributed by atoms with Crippen molar-refractivity contribution in [1.82, 2.24) is 4.90 Å². The minimum atomic E-state index is -0.542. The van der Waals surface area contributed by atoms with E-state index in [0.717, 1.165) is 12.0 Å². The Morgan fingerprint density at radius 3 is 2.79 bits per heavy atom. The summed E-state index contributed by atoms with van der Waals surface area (Å²) in [5.74, 6) is -1.27. The van der Waals surface area contributed by atoms with Crippen LogP contribution in [0.2, 0.25) is 0 Å². The van der Waals surface area contributed by atoms with Crippen LogP contribution in [0.4, 0.5) is 10.1 Å². The van der Waals surface area contributed by atoms with Crippen LogP contribution < -0.4 is 5.32 Å². The Hall–Kier alpha value is -2.69. The van der Waals surface area contributed by atoms with Crippen molar-refractivity contribution in [3.63, 3.8) is 0 Å². The number of hydrogen-bond donors (Lipinski definition) is 1. The quantitative estimate of drug-likeness (QED) is 0.877. The predicted molar refractivity (Wildman–Crippen MR) is 88.0 cm³/mol. The highest BCUT2D eigenvalue weighted by Gasteiger charge is 2.34. The summed E-state index contributed by atoms with van der Waals surface area (Å²) in [6.07, 6.45) is 0.923. The van der Waals surface area contributed by atoms with Crippen molar-refractivity contribution in [1.29, 1.82) is 0 Å². The van der Waals surface area contributed by atoms with Gasteiger partial charge in [-0.15, -0.1) is 0 Å². The molecule has 0 saturated carbocycles. The van der Waals surface area contributed by atoms with E-state index in [0.29, 0.717) is 24.3 Å². The molecule has 2 aliphatic heterocycles. The van der Waals surface area contributed by atoms with Crippen molar-refractivity contribution in [3.8, 4) is 0 Å². The molecule has 0 bridgehead atoms. The molecule has 122 valence electrons. The van der Waals surface area contributed by atoms with Gasteiger partial charge in [0.15, 0.2) is 0 Å². The largest absolute Gasteiger partial charge is 0.337 e. The number of nitrogens with zero attached hydrogens (tertiary/aromatic N) is 1. The van der Waals surface area contributed by atoms with Crippen LogP contribution in [0.1, 0.15) is 29.0 Å². The highest BCUT2D eigenvalue weighted by atomic mass is 19.1. The summed E-state index contributed by atoms with van der Waals surface area (Å²) in [5, 5.41) is 2.65. The third-order valence-corrected chi connectivity index (χ3v) is 4.79. The molecule has 2 aliphatic rings. The molecule has 2 amide bonds. The maximum atomic E-state index is 13.4. The average Bonchev–Trinajstić information content (AvgIpc) is 2.59. The summed E-state index contributed by atoms with van der Waals surface area (Å²) < 4.78 is 13.4. The van der Waals surface area contributed by atoms with Gasteiger partial charge in [-0.25, -0.2) is 4.39 Å². The number of carbonyl (C=O) groups excluding carboxylic acids is 2. The highest BCUT2D eigenvalue weighted by Crippen LogP contribution is 2.35. The van der Waals surface area contributed by atoms with Crippen LogP contribution in [0.3, 0.4) is 0 Å². The van der Waals surface area contributed by atoms with Gasteiger partial charge in [-0.1, -0.05) is 30.3 Å². The second-order valence-electron chi connectivity index (χ2n) is 6.31. The van der Waals surface area contributed by atoms with Crippen molar-refractivity contribution in [2.75, 3.05) is 11.9 Å². The van der Waals surface area contributed by atoms with E-state index in [-0.39, 0.29) is 18.2 Å². The molecule has 5 heteroatoms. The lowest BCUT2D eigenvalue weighted by atomic mass is 9.88. The minimum absolute atomic E-state index is 0.0628. The van der Waals surface area contributed by atoms with Gasteiger partial charge in [0.25, 0.3) is 0 Å². The Morgan fingerprint density at radius 2 is 1.96 bits per heavy atom. The first-order valence-electron chi connectivity index (χ1n) is 8.06. The summed E-state index contributed by atoms with van der Waals surface area (Å²) in [4.78, 5) is 26.7. The highest BCUT2D eigenvalue weighted by molar-refractivity contribution is 6.01. The first-order valence-corrected chi connectivity index (χ1v) is 8.06. The van der Waals surface area contributed by atoms with E-state index in [1.54, 1.807) is 11.0 Å². The maximum Gasteiger partial charge on any atom is 0.231 e. The van der Waals surface area contributed by atoms with Gasteiger partial charge in [-0.3, -0.25) is 9.59 Å². The number of hydrogen-bond acceptors (Lipinski definition) is 2. The molecule has 2 aromatic carbocycles. The van der Waals surface area contributed by atoms with Crippen molar-refractivity contribution in [2.24, 2.45) is 0 Å². The van der Waals surface area contributed by atoms with Gasteiger partial charge in [-0.05, 0) is 35.2 Å². The van der Waals surface area contributed by atoms with E-state index >= 15 is 0 Å². The van der Waals surface area contributed by atoms with Gasteiger partial charge < -0.3 is 10.2 Å². The molecular weight excluding hydrogens is 307 g/mol. The van der Waals surface area contributed by atoms with Crippen molar-refractivity contribution < 1.29 is 14.0 Å². The van der Waals surface area contributed by atoms with Gasteiger partial charge in [0.05, 0.1) is 5.92 Å². The fourth-order valence-corrected chi connectivity index (χ4v) is 3.56. The predicted octanol–water partition coefficient (Wildman–Crippen LogP) is 2.84. The zero-order valence-corrected chi connectivity index (χ0v) is 13.1. The number of nitrogens with one attached hydrogen (secondary N) is 1. The van der Waals surface area contributed by atoms with Gasteiger partial charge in [0.1, 0.15) is 5.82 Å². The number of halogens is 1. The third-order valence-electron chi connectivity index (χ3n) is 4.79. The Bertz CT molecular complexity index is 834. The summed E-state index contributed by atoms with van der Waals surface area (Å²) in [5.41, 5.74) is 3.52. The van der Waals surface area contributed by atoms with Crippen molar-refractivity contribution in [3.05, 3.63) is 65.0 Å². The lowest BCUT2D eigenvalue weighted by molar-refractivity contribution is -0.135. The number of fused-ring (bicyclic) bond motifs is 2. The van der Waals surface area contributed by atoms with Crippen LogP contribution in [0.5, 0.6) is 0 Å². The van der Waals surface area contributed by atoms with E-state index in [2.05, 4.69) is 11.4 Å². The van der Waals surface area contributed by atoms with E-state index in [4.69, 9.17) is 0 Å². The number of anilines is 1. The first kappa shape index (κ1) is 14.9. The second kappa shape index (κ2) is 5.74. The SMILES string of the molecule is O=C1C[C@H](C(=O)N2CCc3ccccc3C2)c2ccc(F)cc2N1. The zero-order chi connectivity index (χ0) is 16.7. The molecule has 1 atom stereocenters. The molecule has 0 spiro atoms. The number of rotatable bonds is 1. The standard InChI is InChI=1S/C19H17FN2O2/c20-14-5-6-15-16(10-18(23)21-17(15)9-14)19(24)22-8-7-12-3-1-2-4-13(12)11-22/h1-6,9,16H,7-8,10-11H2,(H,21,23)/t16-/m0/s1. The van der Waals surface area contributed by atoms with Crippen molar-refractivity contribution in [2.45, 2.75) is 25.3 Å². The maximum absolute atomic E-state index is 13.4. The van der Waals surface area contributed by atoms with Gasteiger partial charge >= 0.3 is 0 Å². The average molecular weight is 324 g/mol. The Balaban J connectivity index is 1.63. The van der Waals surface area contributed by atoms with Crippen LogP contribution in [0, 0.1) is 5.82 Å². The number of amides is 2. The Labute approximate surface area is 139 Å². The Morgan fingerprint density at radius 1 is 1.17 bits per heavy atom. The zero-order valence-electron chi connectivity index (χ0n) is 13.1. The first-order chi connectivity index (χ1) is 11.6. The Kier molecular flexibility index (Phi) is 3.56. The molecule has 0 radical (unpaired) electrons. The molecule has 0 aromatic heterocycles. The summed E-state index contributed by atoms with van der Waals surface area (Å²) in [6, 6.07) is 12.3. The lowest BCUT2D eigenvalue weighted by Crippen LogP contribution is -2.41.